The molecular formula is C49H72F3NO18. The Kier molecular flexibility index (Phi) is 24.9. The molecule has 2 saturated heterocycles. The fraction of sp³-hybridized carbons (Fsp3) is 0.653. The molecule has 2 bridgehead atoms. The van der Waals surface area contributed by atoms with E-state index in [9.17, 15) is 83.7 Å². The van der Waals surface area contributed by atoms with Crippen LogP contribution in [0.1, 0.15) is 79.1 Å². The van der Waals surface area contributed by atoms with E-state index >= 15 is 0 Å². The molecule has 402 valence electrons. The number of hydrogen-bond acceptors (Lipinski definition) is 17. The SMILES string of the molecule is C[C@@H]1[C@H](O)[C@@H](C)/C=C/C=C/C=C/C=C/C=C/C=C/C=C/[C@H](O[C@@H]2O[C@H](C)[C@@H](O)[C@H](NC(=O)C(F)(F)F)[C@@H]2O)C[C@@H]2O[C@](O)(C[C@@H](O)C[C@@H](O)[C@H](O)CC[C@@H](O)C[C@@H](O)CC(=O)O[C@H]1C)C[C@H](O)[C@H]2C(=O)O. The number of amides is 1. The smallest absolute Gasteiger partial charge is 0.471 e. The van der Waals surface area contributed by atoms with E-state index < -0.39 is 165 Å². The molecule has 0 aliphatic carbocycles. The second kappa shape index (κ2) is 28.9. The number of cyclic esters (lactones) is 1. The van der Waals surface area contributed by atoms with Crippen molar-refractivity contribution in [2.45, 2.75) is 183 Å². The Bertz CT molecular complexity index is 1890. The number of rotatable bonds is 4. The van der Waals surface area contributed by atoms with Crippen molar-refractivity contribution in [3.8, 4) is 0 Å². The number of halogens is 3. The van der Waals surface area contributed by atoms with Crippen LogP contribution >= 0.6 is 0 Å². The van der Waals surface area contributed by atoms with Crippen LogP contribution in [0, 0.1) is 17.8 Å². The molecule has 12 N–H and O–H groups in total. The first-order valence-electron chi connectivity index (χ1n) is 23.5. The van der Waals surface area contributed by atoms with E-state index in [0.717, 1.165) is 0 Å². The number of allylic oxidation sites excluding steroid dienone is 12. The highest BCUT2D eigenvalue weighted by molar-refractivity contribution is 5.82. The molecule has 0 unspecified atom stereocenters. The van der Waals surface area contributed by atoms with Gasteiger partial charge in [0.15, 0.2) is 12.1 Å². The number of hydrogen-bond donors (Lipinski definition) is 12. The number of esters is 1. The van der Waals surface area contributed by atoms with Crippen molar-refractivity contribution in [2.75, 3.05) is 0 Å². The van der Waals surface area contributed by atoms with Crippen molar-refractivity contribution in [2.24, 2.45) is 17.8 Å². The van der Waals surface area contributed by atoms with Gasteiger partial charge < -0.3 is 80.4 Å². The average Bonchev–Trinajstić information content (AvgIpc) is 3.26. The molecule has 22 heteroatoms. The monoisotopic (exact) mass is 1020 g/mol. The van der Waals surface area contributed by atoms with Gasteiger partial charge in [0, 0.05) is 37.5 Å². The summed E-state index contributed by atoms with van der Waals surface area (Å²) in [6.07, 6.45) is -7.28. The number of aliphatic hydroxyl groups is 10. The maximum atomic E-state index is 13.2. The average molecular weight is 1020 g/mol. The number of alkyl halides is 3. The van der Waals surface area contributed by atoms with Gasteiger partial charge in [-0.3, -0.25) is 14.4 Å². The van der Waals surface area contributed by atoms with Crippen molar-refractivity contribution in [3.05, 3.63) is 85.1 Å². The largest absolute Gasteiger partial charge is 0.481 e. The summed E-state index contributed by atoms with van der Waals surface area (Å²) in [5, 5.41) is 120. The van der Waals surface area contributed by atoms with Gasteiger partial charge in [-0.15, -0.1) is 0 Å². The van der Waals surface area contributed by atoms with E-state index in [1.54, 1.807) is 87.6 Å². The minimum atomic E-state index is -5.39. The third-order valence-corrected chi connectivity index (χ3v) is 12.5. The van der Waals surface area contributed by atoms with Crippen LogP contribution in [0.2, 0.25) is 0 Å². The van der Waals surface area contributed by atoms with E-state index in [1.807, 2.05) is 0 Å². The number of carboxylic acids is 1. The van der Waals surface area contributed by atoms with E-state index in [0.29, 0.717) is 0 Å². The second-order valence-corrected chi connectivity index (χ2v) is 18.5. The van der Waals surface area contributed by atoms with Crippen LogP contribution in [0.15, 0.2) is 85.1 Å². The summed E-state index contributed by atoms with van der Waals surface area (Å²) in [5.74, 6) is -9.86. The predicted molar refractivity (Wildman–Crippen MR) is 247 cm³/mol. The first-order valence-corrected chi connectivity index (χ1v) is 23.5. The van der Waals surface area contributed by atoms with Crippen molar-refractivity contribution in [1.29, 1.82) is 0 Å². The highest BCUT2D eigenvalue weighted by Crippen LogP contribution is 2.38. The van der Waals surface area contributed by atoms with Crippen LogP contribution in [-0.2, 0) is 33.3 Å². The Balaban J connectivity index is 1.92. The van der Waals surface area contributed by atoms with Crippen LogP contribution in [0.4, 0.5) is 13.2 Å². The van der Waals surface area contributed by atoms with Crippen LogP contribution in [0.25, 0.3) is 0 Å². The van der Waals surface area contributed by atoms with Crippen LogP contribution in [-0.4, -0.2) is 178 Å². The van der Waals surface area contributed by atoms with Crippen molar-refractivity contribution < 1.29 is 103 Å². The third kappa shape index (κ3) is 20.4. The molecule has 3 aliphatic rings. The van der Waals surface area contributed by atoms with Crippen LogP contribution < -0.4 is 5.32 Å². The summed E-state index contributed by atoms with van der Waals surface area (Å²) in [7, 11) is 0. The van der Waals surface area contributed by atoms with Crippen molar-refractivity contribution >= 4 is 17.8 Å². The molecule has 1 amide bonds. The standard InChI is InChI=1S/C49H72F3NO18/c1-27-17-15-13-11-9-7-5-6-8-10-12-14-16-18-34(70-46-44(63)41(43(62)30(4)69-46)53-47(66)49(50,51)52)24-38-40(45(64)65)37(59)26-48(67,71-38)25-33(56)22-36(58)35(57)20-19-31(54)21-32(55)23-39(60)68-29(3)28(2)42(27)61/h5-18,27-38,40-44,46,54-59,61-63,67H,19-26H2,1-4H3,(H,53,66)(H,64,65)/b6-5+,9-7+,10-8+,13-11+,14-12+,17-15+,18-16+/t27-,28-,29-,30+,31+,32+,33-,34-,35+,36+,37-,38-,40+,41-,42+,43+,44-,46-,48+/m0/s1. The van der Waals surface area contributed by atoms with Crippen LogP contribution in [0.3, 0.4) is 0 Å². The maximum absolute atomic E-state index is 13.2. The number of carbonyl (C=O) groups excluding carboxylic acids is 2. The van der Waals surface area contributed by atoms with E-state index in [4.69, 9.17) is 18.9 Å². The maximum Gasteiger partial charge on any atom is 0.471 e. The van der Waals surface area contributed by atoms with Gasteiger partial charge in [-0.1, -0.05) is 98.9 Å². The summed E-state index contributed by atoms with van der Waals surface area (Å²) in [6.45, 7) is 6.36. The number of nitrogens with one attached hydrogen (secondary N) is 1. The Morgan fingerprint density at radius 2 is 1.24 bits per heavy atom. The zero-order valence-electron chi connectivity index (χ0n) is 40.0. The summed E-state index contributed by atoms with van der Waals surface area (Å²) in [4.78, 5) is 37.0. The minimum Gasteiger partial charge on any atom is -0.481 e. The van der Waals surface area contributed by atoms with Gasteiger partial charge in [-0.2, -0.15) is 13.2 Å². The number of aliphatic hydroxyl groups excluding tert-OH is 9. The fourth-order valence-electron chi connectivity index (χ4n) is 8.34. The third-order valence-electron chi connectivity index (χ3n) is 12.5. The highest BCUT2D eigenvalue weighted by atomic mass is 19.4. The van der Waals surface area contributed by atoms with E-state index in [-0.39, 0.29) is 25.2 Å². The lowest BCUT2D eigenvalue weighted by Crippen LogP contribution is -2.65. The van der Waals surface area contributed by atoms with Gasteiger partial charge in [0.25, 0.3) is 0 Å². The van der Waals surface area contributed by atoms with E-state index in [1.165, 1.54) is 30.5 Å². The molecule has 3 heterocycles. The zero-order chi connectivity index (χ0) is 53.2. The normalized spacial score (nSPS) is 42.8. The Hall–Kier alpha value is -4.14. The molecule has 0 aromatic heterocycles. The number of fused-ring (bicyclic) bond motifs is 2. The number of carboxylic acid groups (broad SMARTS) is 1. The molecule has 19 nitrogen and oxygen atoms in total. The number of ether oxygens (including phenoxy) is 4. The molecule has 0 spiro atoms. The Morgan fingerprint density at radius 3 is 1.80 bits per heavy atom. The Morgan fingerprint density at radius 1 is 0.676 bits per heavy atom. The first kappa shape index (κ1) is 61.2. The molecule has 2 fully saturated rings. The fourth-order valence-corrected chi connectivity index (χ4v) is 8.34. The number of carbonyl (C=O) groups is 3. The molecule has 0 saturated carbocycles. The zero-order valence-corrected chi connectivity index (χ0v) is 40.0. The second-order valence-electron chi connectivity index (χ2n) is 18.5. The van der Waals surface area contributed by atoms with E-state index in [2.05, 4.69) is 0 Å². The van der Waals surface area contributed by atoms with Gasteiger partial charge in [-0.05, 0) is 33.1 Å². The summed E-state index contributed by atoms with van der Waals surface area (Å²) < 4.78 is 62.4. The quantitative estimate of drug-likeness (QED) is 0.177. The molecular weight excluding hydrogens is 948 g/mol. The van der Waals surface area contributed by atoms with Gasteiger partial charge in [0.2, 0.25) is 0 Å². The van der Waals surface area contributed by atoms with Gasteiger partial charge >= 0.3 is 24.0 Å². The van der Waals surface area contributed by atoms with Gasteiger partial charge in [-0.25, -0.2) is 0 Å². The van der Waals surface area contributed by atoms with Crippen LogP contribution in [0.5, 0.6) is 0 Å². The molecule has 19 atom stereocenters. The summed E-state index contributed by atoms with van der Waals surface area (Å²) in [6, 6.07) is -1.96. The molecule has 0 radical (unpaired) electrons. The Labute approximate surface area is 410 Å². The lowest BCUT2D eigenvalue weighted by atomic mass is 9.82. The predicted octanol–water partition coefficient (Wildman–Crippen LogP) is 1.43. The molecule has 71 heavy (non-hydrogen) atoms. The number of aliphatic carboxylic acids is 1. The lowest BCUT2D eigenvalue weighted by Gasteiger charge is -2.45. The molecule has 0 aromatic rings. The van der Waals surface area contributed by atoms with Crippen molar-refractivity contribution in [3.63, 3.8) is 0 Å². The minimum absolute atomic E-state index is 0.166. The molecule has 3 rings (SSSR count). The van der Waals surface area contributed by atoms with Gasteiger partial charge in [0.05, 0.1) is 73.5 Å². The topological polar surface area (TPSA) is 323 Å². The summed E-state index contributed by atoms with van der Waals surface area (Å²) >= 11 is 0. The van der Waals surface area contributed by atoms with Crippen molar-refractivity contribution in [1.82, 2.24) is 5.32 Å². The summed E-state index contributed by atoms with van der Waals surface area (Å²) in [5.41, 5.74) is 0. The first-order chi connectivity index (χ1) is 33.2. The molecule has 0 aromatic carbocycles. The molecule has 3 aliphatic heterocycles. The highest BCUT2D eigenvalue weighted by Gasteiger charge is 2.52. The van der Waals surface area contributed by atoms with Gasteiger partial charge in [0.1, 0.15) is 24.2 Å². The lowest BCUT2D eigenvalue weighted by molar-refractivity contribution is -0.309.